The molecular weight excluding hydrogens is 204 g/mol. The molecule has 1 heteroatoms. The maximum absolute atomic E-state index is 2.39. The third-order valence-corrected chi connectivity index (χ3v) is 4.75. The van der Waals surface area contributed by atoms with Crippen LogP contribution in [0.3, 0.4) is 0 Å². The summed E-state index contributed by atoms with van der Waals surface area (Å²) < 4.78 is 1.68. The van der Waals surface area contributed by atoms with Gasteiger partial charge in [0.1, 0.15) is 0 Å². The van der Waals surface area contributed by atoms with E-state index in [0.29, 0.717) is 0 Å². The molecule has 0 aliphatic heterocycles. The SMILES string of the molecule is CCCCCCCCc1cccc[c]1[Mg][CH3]. The van der Waals surface area contributed by atoms with E-state index in [-0.39, 0.29) is 20.4 Å². The fourth-order valence-electron chi connectivity index (χ4n) is 2.24. The lowest BCUT2D eigenvalue weighted by Gasteiger charge is -2.07. The van der Waals surface area contributed by atoms with E-state index in [4.69, 9.17) is 0 Å². The van der Waals surface area contributed by atoms with Gasteiger partial charge >= 0.3 is 20.4 Å². The van der Waals surface area contributed by atoms with Crippen LogP contribution >= 0.6 is 0 Å². The maximum Gasteiger partial charge on any atom is 0.405 e. The van der Waals surface area contributed by atoms with E-state index in [1.165, 1.54) is 44.9 Å². The van der Waals surface area contributed by atoms with Gasteiger partial charge in [0.15, 0.2) is 0 Å². The van der Waals surface area contributed by atoms with Crippen molar-refractivity contribution in [1.82, 2.24) is 0 Å². The Morgan fingerprint density at radius 3 is 2.38 bits per heavy atom. The van der Waals surface area contributed by atoms with Gasteiger partial charge in [0.25, 0.3) is 0 Å². The van der Waals surface area contributed by atoms with Crippen molar-refractivity contribution in [2.75, 3.05) is 0 Å². The third kappa shape index (κ3) is 5.36. The van der Waals surface area contributed by atoms with E-state index in [1.807, 2.05) is 0 Å². The van der Waals surface area contributed by atoms with Gasteiger partial charge in [-0.3, -0.25) is 0 Å². The molecule has 0 atom stereocenters. The van der Waals surface area contributed by atoms with Gasteiger partial charge in [0.2, 0.25) is 0 Å². The first-order chi connectivity index (χ1) is 7.88. The summed E-state index contributed by atoms with van der Waals surface area (Å²) in [6.07, 6.45) is 9.74. The van der Waals surface area contributed by atoms with Gasteiger partial charge in [-0.25, -0.2) is 0 Å². The molecule has 1 aromatic carbocycles. The number of benzene rings is 1. The molecule has 86 valence electrons. The van der Waals surface area contributed by atoms with Crippen molar-refractivity contribution in [3.63, 3.8) is 0 Å². The van der Waals surface area contributed by atoms with E-state index < -0.39 is 0 Å². The maximum atomic E-state index is 2.39. The van der Waals surface area contributed by atoms with Crippen molar-refractivity contribution in [2.45, 2.75) is 56.9 Å². The molecule has 0 nitrogen and oxygen atoms in total. The molecule has 0 aromatic heterocycles. The molecule has 0 bridgehead atoms. The number of hydrogen-bond acceptors (Lipinski definition) is 0. The summed E-state index contributed by atoms with van der Waals surface area (Å²) in [6, 6.07) is 9.05. The van der Waals surface area contributed by atoms with Crippen molar-refractivity contribution in [1.29, 1.82) is 0 Å². The van der Waals surface area contributed by atoms with Crippen LogP contribution in [0.15, 0.2) is 24.3 Å². The highest BCUT2D eigenvalue weighted by Gasteiger charge is 2.00. The summed E-state index contributed by atoms with van der Waals surface area (Å²) >= 11 is 0.0148. The van der Waals surface area contributed by atoms with Gasteiger partial charge in [0, 0.05) is 0 Å². The Bertz CT molecular complexity index is 281. The van der Waals surface area contributed by atoms with E-state index in [1.54, 1.807) is 9.26 Å². The molecule has 1 rings (SSSR count). The molecule has 0 saturated carbocycles. The molecule has 16 heavy (non-hydrogen) atoms. The predicted molar refractivity (Wildman–Crippen MR) is 74.8 cm³/mol. The van der Waals surface area contributed by atoms with Gasteiger partial charge in [-0.2, -0.15) is 3.69 Å². The zero-order valence-corrected chi connectivity index (χ0v) is 12.4. The Morgan fingerprint density at radius 1 is 0.938 bits per heavy atom. The highest BCUT2D eigenvalue weighted by Crippen LogP contribution is 2.08. The summed E-state index contributed by atoms with van der Waals surface area (Å²) in [5.41, 5.74) is 1.63. The second-order valence-corrected chi connectivity index (χ2v) is 6.11. The van der Waals surface area contributed by atoms with Crippen LogP contribution in [0.5, 0.6) is 0 Å². The van der Waals surface area contributed by atoms with Crippen LogP contribution in [0.1, 0.15) is 51.0 Å². The van der Waals surface area contributed by atoms with Crippen molar-refractivity contribution >= 4 is 24.1 Å². The monoisotopic (exact) mass is 228 g/mol. The van der Waals surface area contributed by atoms with Crippen molar-refractivity contribution < 1.29 is 0 Å². The summed E-state index contributed by atoms with van der Waals surface area (Å²) in [7, 11) is 0. The molecule has 0 aliphatic carbocycles. The second-order valence-electron chi connectivity index (χ2n) is 4.64. The van der Waals surface area contributed by atoms with Crippen molar-refractivity contribution in [3.8, 4) is 0 Å². The van der Waals surface area contributed by atoms with E-state index in [2.05, 4.69) is 36.2 Å². The van der Waals surface area contributed by atoms with Crippen LogP contribution in [0.2, 0.25) is 5.05 Å². The van der Waals surface area contributed by atoms with Crippen LogP contribution in [-0.4, -0.2) is 20.4 Å². The Labute approximate surface area is 111 Å². The first kappa shape index (κ1) is 14.0. The minimum Gasteiger partial charge on any atom is -0.171 e. The Balaban J connectivity index is 2.21. The van der Waals surface area contributed by atoms with E-state index >= 15 is 0 Å². The lowest BCUT2D eigenvalue weighted by Crippen LogP contribution is -2.16. The zero-order chi connectivity index (χ0) is 11.6. The molecule has 0 aliphatic rings. The minimum atomic E-state index is 0.0148. The lowest BCUT2D eigenvalue weighted by molar-refractivity contribution is 0.608. The summed E-state index contributed by atoms with van der Waals surface area (Å²) in [5, 5.41) is 2.39. The summed E-state index contributed by atoms with van der Waals surface area (Å²) in [6.45, 7) is 2.28. The normalized spacial score (nSPS) is 10.1. The average molecular weight is 229 g/mol. The van der Waals surface area contributed by atoms with Crippen LogP contribution in [-0.2, 0) is 6.42 Å². The van der Waals surface area contributed by atoms with E-state index in [9.17, 15) is 0 Å². The van der Waals surface area contributed by atoms with Gasteiger partial charge in [-0.05, 0) is 12.8 Å². The standard InChI is InChI=1S/C14H21.CH3.Mg/c1-2-3-4-5-6-8-11-14-12-9-7-10-13-14;;/h7,9-10,12H,2-6,8,11H2,1H3;1H3;. The van der Waals surface area contributed by atoms with Crippen molar-refractivity contribution in [3.05, 3.63) is 29.8 Å². The molecule has 0 fully saturated rings. The largest absolute Gasteiger partial charge is 0.405 e. The second kappa shape index (κ2) is 9.06. The van der Waals surface area contributed by atoms with Gasteiger partial charge in [0.05, 0.1) is 0 Å². The van der Waals surface area contributed by atoms with Gasteiger partial charge in [-0.15, -0.1) is 5.05 Å². The van der Waals surface area contributed by atoms with E-state index in [0.717, 1.165) is 0 Å². The van der Waals surface area contributed by atoms with Crippen LogP contribution in [0.4, 0.5) is 0 Å². The van der Waals surface area contributed by atoms with Gasteiger partial charge < -0.3 is 0 Å². The topological polar surface area (TPSA) is 0 Å². The molecular formula is C15H24Mg. The summed E-state index contributed by atoms with van der Waals surface area (Å²) in [4.78, 5) is 0. The van der Waals surface area contributed by atoms with Gasteiger partial charge in [-0.1, -0.05) is 68.9 Å². The van der Waals surface area contributed by atoms with Crippen molar-refractivity contribution in [2.24, 2.45) is 0 Å². The molecule has 0 radical (unpaired) electrons. The number of rotatable bonds is 8. The molecule has 1 aromatic rings. The number of aryl methyl sites for hydroxylation is 1. The minimum absolute atomic E-state index is 0.0148. The summed E-state index contributed by atoms with van der Waals surface area (Å²) in [5.74, 6) is 0. The number of hydrogen-bond donors (Lipinski definition) is 0. The van der Waals surface area contributed by atoms with Crippen LogP contribution in [0, 0.1) is 0 Å². The molecule has 0 unspecified atom stereocenters. The first-order valence-corrected chi connectivity index (χ1v) is 9.07. The molecule has 0 saturated heterocycles. The molecule has 0 N–H and O–H groups in total. The molecule has 0 amide bonds. The Kier molecular flexibility index (Phi) is 7.96. The molecule has 0 heterocycles. The lowest BCUT2D eigenvalue weighted by atomic mass is 10.0. The van der Waals surface area contributed by atoms with Crippen LogP contribution in [0.25, 0.3) is 0 Å². The smallest absolute Gasteiger partial charge is 0.171 e. The predicted octanol–water partition coefficient (Wildman–Crippen LogP) is 3.97. The number of unbranched alkanes of at least 4 members (excludes halogenated alkanes) is 5. The Hall–Kier alpha value is -0.0138. The first-order valence-electron chi connectivity index (χ1n) is 6.95. The third-order valence-electron chi connectivity index (χ3n) is 3.30. The fourth-order valence-corrected chi connectivity index (χ4v) is 3.36. The fraction of sp³-hybridized carbons (Fsp3) is 0.600. The Morgan fingerprint density at radius 2 is 1.62 bits per heavy atom. The highest BCUT2D eigenvalue weighted by atomic mass is 24.5. The highest BCUT2D eigenvalue weighted by molar-refractivity contribution is 6.52. The molecule has 0 spiro atoms. The quantitative estimate of drug-likeness (QED) is 0.467. The average Bonchev–Trinajstić information content (AvgIpc) is 2.34. The zero-order valence-electron chi connectivity index (χ0n) is 11.0. The van der Waals surface area contributed by atoms with Crippen LogP contribution < -0.4 is 3.69 Å².